The SMILES string of the molecule is COC1=C(C(=O)NC2CCC(Nc3cc(C(C)(C)C)nc4ccccc34)CC2)C=CCC1. The van der Waals surface area contributed by atoms with Gasteiger partial charge in [0.1, 0.15) is 5.76 Å². The van der Waals surface area contributed by atoms with Gasteiger partial charge in [-0.15, -0.1) is 0 Å². The van der Waals surface area contributed by atoms with E-state index in [0.29, 0.717) is 11.6 Å². The largest absolute Gasteiger partial charge is 0.500 e. The summed E-state index contributed by atoms with van der Waals surface area (Å²) in [5.41, 5.74) is 3.96. The van der Waals surface area contributed by atoms with Gasteiger partial charge < -0.3 is 15.4 Å². The Bertz CT molecular complexity index is 1040. The highest BCUT2D eigenvalue weighted by Crippen LogP contribution is 2.31. The van der Waals surface area contributed by atoms with Crippen LogP contribution in [0.5, 0.6) is 0 Å². The first kappa shape index (κ1) is 22.4. The van der Waals surface area contributed by atoms with E-state index in [4.69, 9.17) is 9.72 Å². The smallest absolute Gasteiger partial charge is 0.254 e. The minimum Gasteiger partial charge on any atom is -0.500 e. The quantitative estimate of drug-likeness (QED) is 0.642. The molecule has 0 spiro atoms. The van der Waals surface area contributed by atoms with Crippen LogP contribution in [0.15, 0.2) is 53.8 Å². The number of fused-ring (bicyclic) bond motifs is 1. The summed E-state index contributed by atoms with van der Waals surface area (Å²) in [7, 11) is 1.65. The Morgan fingerprint density at radius 2 is 1.81 bits per heavy atom. The molecule has 2 aromatic rings. The number of amides is 1. The Hall–Kier alpha value is -2.82. The number of hydrogen-bond donors (Lipinski definition) is 2. The molecule has 1 amide bonds. The number of carbonyl (C=O) groups is 1. The van der Waals surface area contributed by atoms with Crippen LogP contribution in [0.2, 0.25) is 0 Å². The van der Waals surface area contributed by atoms with E-state index in [1.54, 1.807) is 7.11 Å². The maximum absolute atomic E-state index is 12.8. The number of nitrogens with zero attached hydrogens (tertiary/aromatic N) is 1. The highest BCUT2D eigenvalue weighted by Gasteiger charge is 2.26. The number of para-hydroxylation sites is 1. The van der Waals surface area contributed by atoms with Crippen molar-refractivity contribution in [3.8, 4) is 0 Å². The minimum absolute atomic E-state index is 0.00822. The molecule has 1 saturated carbocycles. The third-order valence-corrected chi connectivity index (χ3v) is 6.52. The molecule has 2 N–H and O–H groups in total. The lowest BCUT2D eigenvalue weighted by Gasteiger charge is -2.31. The number of rotatable bonds is 5. The average molecular weight is 434 g/mol. The van der Waals surface area contributed by atoms with Gasteiger partial charge in [-0.25, -0.2) is 0 Å². The molecule has 1 heterocycles. The Kier molecular flexibility index (Phi) is 6.54. The van der Waals surface area contributed by atoms with Crippen molar-refractivity contribution in [2.75, 3.05) is 12.4 Å². The van der Waals surface area contributed by atoms with Crippen molar-refractivity contribution in [3.05, 3.63) is 59.5 Å². The summed E-state index contributed by atoms with van der Waals surface area (Å²) in [6, 6.07) is 11.2. The van der Waals surface area contributed by atoms with Crippen LogP contribution in [-0.4, -0.2) is 30.1 Å². The van der Waals surface area contributed by atoms with Crippen LogP contribution in [-0.2, 0) is 14.9 Å². The fourth-order valence-electron chi connectivity index (χ4n) is 4.60. The highest BCUT2D eigenvalue weighted by atomic mass is 16.5. The Morgan fingerprint density at radius 3 is 2.53 bits per heavy atom. The Morgan fingerprint density at radius 1 is 1.09 bits per heavy atom. The molecule has 2 aliphatic carbocycles. The van der Waals surface area contributed by atoms with Gasteiger partial charge in [-0.2, -0.15) is 0 Å². The molecule has 0 radical (unpaired) electrons. The first-order chi connectivity index (χ1) is 15.3. The van der Waals surface area contributed by atoms with Gasteiger partial charge in [0.2, 0.25) is 0 Å². The van der Waals surface area contributed by atoms with E-state index in [9.17, 15) is 4.79 Å². The molecule has 1 fully saturated rings. The fourth-order valence-corrected chi connectivity index (χ4v) is 4.60. The number of aromatic nitrogens is 1. The third kappa shape index (κ3) is 4.98. The maximum atomic E-state index is 12.8. The molecule has 1 aromatic heterocycles. The average Bonchev–Trinajstić information content (AvgIpc) is 2.79. The van der Waals surface area contributed by atoms with Gasteiger partial charge in [0, 0.05) is 40.7 Å². The molecule has 0 saturated heterocycles. The number of benzene rings is 1. The Labute approximate surface area is 191 Å². The van der Waals surface area contributed by atoms with E-state index in [0.717, 1.165) is 61.2 Å². The topological polar surface area (TPSA) is 63.2 Å². The second kappa shape index (κ2) is 9.35. The molecule has 1 aromatic carbocycles. The van der Waals surface area contributed by atoms with Gasteiger partial charge in [0.25, 0.3) is 5.91 Å². The molecule has 170 valence electrons. The van der Waals surface area contributed by atoms with Crippen molar-refractivity contribution in [3.63, 3.8) is 0 Å². The van der Waals surface area contributed by atoms with E-state index < -0.39 is 0 Å². The zero-order valence-electron chi connectivity index (χ0n) is 19.7. The van der Waals surface area contributed by atoms with Gasteiger partial charge in [-0.1, -0.05) is 51.1 Å². The first-order valence-electron chi connectivity index (χ1n) is 11.8. The lowest BCUT2D eigenvalue weighted by atomic mass is 9.89. The van der Waals surface area contributed by atoms with Crippen LogP contribution >= 0.6 is 0 Å². The number of ether oxygens (including phenoxy) is 1. The van der Waals surface area contributed by atoms with Crippen molar-refractivity contribution >= 4 is 22.5 Å². The predicted octanol–water partition coefficient (Wildman–Crippen LogP) is 5.62. The molecular formula is C27H35N3O2. The number of carbonyl (C=O) groups excluding carboxylic acids is 1. The van der Waals surface area contributed by atoms with Crippen LogP contribution in [0.1, 0.15) is 65.0 Å². The van der Waals surface area contributed by atoms with Crippen molar-refractivity contribution in [1.82, 2.24) is 10.3 Å². The lowest BCUT2D eigenvalue weighted by Crippen LogP contribution is -2.41. The highest BCUT2D eigenvalue weighted by molar-refractivity contribution is 5.97. The summed E-state index contributed by atoms with van der Waals surface area (Å²) < 4.78 is 5.42. The number of allylic oxidation sites excluding steroid dienone is 2. The molecule has 0 bridgehead atoms. The number of methoxy groups -OCH3 is 1. The summed E-state index contributed by atoms with van der Waals surface area (Å²) in [4.78, 5) is 17.7. The van der Waals surface area contributed by atoms with Crippen LogP contribution in [0.25, 0.3) is 10.9 Å². The van der Waals surface area contributed by atoms with Crippen LogP contribution in [0.4, 0.5) is 5.69 Å². The van der Waals surface area contributed by atoms with Gasteiger partial charge in [-0.3, -0.25) is 9.78 Å². The van der Waals surface area contributed by atoms with E-state index in [1.807, 2.05) is 18.2 Å². The van der Waals surface area contributed by atoms with Gasteiger partial charge in [0.05, 0.1) is 18.2 Å². The minimum atomic E-state index is -0.0100. The monoisotopic (exact) mass is 433 g/mol. The van der Waals surface area contributed by atoms with Crippen molar-refractivity contribution in [1.29, 1.82) is 0 Å². The van der Waals surface area contributed by atoms with Crippen molar-refractivity contribution in [2.45, 2.75) is 76.8 Å². The van der Waals surface area contributed by atoms with Gasteiger partial charge >= 0.3 is 0 Å². The molecule has 5 nitrogen and oxygen atoms in total. The van der Waals surface area contributed by atoms with E-state index in [2.05, 4.69) is 55.7 Å². The number of hydrogen-bond acceptors (Lipinski definition) is 4. The van der Waals surface area contributed by atoms with Gasteiger partial charge in [0.15, 0.2) is 0 Å². The zero-order chi connectivity index (χ0) is 22.7. The molecule has 0 aliphatic heterocycles. The third-order valence-electron chi connectivity index (χ3n) is 6.52. The zero-order valence-corrected chi connectivity index (χ0v) is 19.7. The normalized spacial score (nSPS) is 21.5. The predicted molar refractivity (Wildman–Crippen MR) is 131 cm³/mol. The van der Waals surface area contributed by atoms with E-state index in [-0.39, 0.29) is 17.4 Å². The van der Waals surface area contributed by atoms with Crippen LogP contribution in [0, 0.1) is 0 Å². The van der Waals surface area contributed by atoms with Crippen molar-refractivity contribution < 1.29 is 9.53 Å². The van der Waals surface area contributed by atoms with Crippen molar-refractivity contribution in [2.24, 2.45) is 0 Å². The molecule has 4 rings (SSSR count). The van der Waals surface area contributed by atoms with E-state index >= 15 is 0 Å². The number of anilines is 1. The van der Waals surface area contributed by atoms with Gasteiger partial charge in [-0.05, 0) is 44.2 Å². The standard InChI is InChI=1S/C27H35N3O2/c1-27(2,3)25-17-23(20-9-5-7-11-22(20)30-25)28-18-13-15-19(16-14-18)29-26(31)21-10-6-8-12-24(21)32-4/h5-7,9-11,17-19H,8,12-16H2,1-4H3,(H,28,30)(H,29,31). The van der Waals surface area contributed by atoms with E-state index in [1.165, 1.54) is 5.39 Å². The molecule has 5 heteroatoms. The number of pyridine rings is 1. The van der Waals surface area contributed by atoms with Crippen LogP contribution in [0.3, 0.4) is 0 Å². The summed E-state index contributed by atoms with van der Waals surface area (Å²) in [6.45, 7) is 6.61. The van der Waals surface area contributed by atoms with Crippen LogP contribution < -0.4 is 10.6 Å². The number of nitrogens with one attached hydrogen (secondary N) is 2. The lowest BCUT2D eigenvalue weighted by molar-refractivity contribution is -0.118. The second-order valence-corrected chi connectivity index (χ2v) is 9.97. The Balaban J connectivity index is 1.41. The summed E-state index contributed by atoms with van der Waals surface area (Å²) in [5, 5.41) is 8.19. The molecule has 0 unspecified atom stereocenters. The second-order valence-electron chi connectivity index (χ2n) is 9.97. The fraction of sp³-hybridized carbons (Fsp3) is 0.481. The molecule has 2 aliphatic rings. The summed E-state index contributed by atoms with van der Waals surface area (Å²) >= 11 is 0. The molecular weight excluding hydrogens is 398 g/mol. The molecule has 32 heavy (non-hydrogen) atoms. The summed E-state index contributed by atoms with van der Waals surface area (Å²) in [6.07, 6.45) is 9.65. The summed E-state index contributed by atoms with van der Waals surface area (Å²) in [5.74, 6) is 0.781. The maximum Gasteiger partial charge on any atom is 0.254 e. The molecule has 0 atom stereocenters. The first-order valence-corrected chi connectivity index (χ1v) is 11.8.